The molecule has 2 aliphatic rings. The zero-order valence-corrected chi connectivity index (χ0v) is 29.9. The Morgan fingerprint density at radius 1 is 0.759 bits per heavy atom. The minimum Gasteiger partial charge on any atom is -0.503 e. The van der Waals surface area contributed by atoms with Gasteiger partial charge in [0.05, 0.1) is 34.5 Å². The largest absolute Gasteiger partial charge is 0.503 e. The van der Waals surface area contributed by atoms with Crippen molar-refractivity contribution < 1.29 is 38.5 Å². The van der Waals surface area contributed by atoms with Crippen LogP contribution in [0, 0.1) is 0 Å². The van der Waals surface area contributed by atoms with Gasteiger partial charge in [-0.15, -0.1) is 0 Å². The summed E-state index contributed by atoms with van der Waals surface area (Å²) in [7, 11) is 1.53. The number of carbonyl (C=O) groups excluding carboxylic acids is 4. The van der Waals surface area contributed by atoms with Crippen molar-refractivity contribution in [1.29, 1.82) is 0 Å². The van der Waals surface area contributed by atoms with E-state index < -0.39 is 36.1 Å². The van der Waals surface area contributed by atoms with Crippen molar-refractivity contribution in [3.63, 3.8) is 0 Å². The molecule has 0 spiro atoms. The first-order valence-corrected chi connectivity index (χ1v) is 17.9. The zero-order chi connectivity index (χ0) is 37.6. The first kappa shape index (κ1) is 35.7. The lowest BCUT2D eigenvalue weighted by Gasteiger charge is -2.18. The first-order chi connectivity index (χ1) is 26.2. The normalized spacial score (nSPS) is 14.2. The molecule has 0 saturated heterocycles. The van der Waals surface area contributed by atoms with E-state index in [0.29, 0.717) is 23.1 Å². The van der Waals surface area contributed by atoms with Crippen molar-refractivity contribution >= 4 is 45.2 Å². The number of benzene rings is 4. The maximum Gasteiger partial charge on any atom is 0.292 e. The maximum atomic E-state index is 13.2. The molecule has 2 aliphatic heterocycles. The number of rotatable bonds is 14. The van der Waals surface area contributed by atoms with Gasteiger partial charge < -0.3 is 34.9 Å². The van der Waals surface area contributed by atoms with Crippen molar-refractivity contribution in [3.05, 3.63) is 137 Å². The van der Waals surface area contributed by atoms with Gasteiger partial charge in [0.2, 0.25) is 0 Å². The summed E-state index contributed by atoms with van der Waals surface area (Å²) in [6.07, 6.45) is 0.506. The highest BCUT2D eigenvalue weighted by atomic mass is 32.1. The fraction of sp³-hybridized carbons (Fsp3) is 0.175. The number of hydrogen-bond donors (Lipinski definition) is 3. The number of aromatic nitrogens is 1. The number of nitrogens with one attached hydrogen (secondary N) is 2. The van der Waals surface area contributed by atoms with Gasteiger partial charge in [-0.2, -0.15) is 0 Å². The number of aliphatic hydroxyl groups excluding tert-OH is 1. The predicted molar refractivity (Wildman–Crippen MR) is 200 cm³/mol. The average molecular weight is 746 g/mol. The Morgan fingerprint density at radius 2 is 1.41 bits per heavy atom. The summed E-state index contributed by atoms with van der Waals surface area (Å²) in [6, 6.07) is 31.8. The fourth-order valence-electron chi connectivity index (χ4n) is 5.79. The van der Waals surface area contributed by atoms with Gasteiger partial charge >= 0.3 is 0 Å². The Kier molecular flexibility index (Phi) is 10.5. The second kappa shape index (κ2) is 15.9. The number of nitrogens with zero attached hydrogens (tertiary/aromatic N) is 3. The Morgan fingerprint density at radius 3 is 2.15 bits per heavy atom. The lowest BCUT2D eigenvalue weighted by atomic mass is 10.1. The Labute approximate surface area is 314 Å². The minimum atomic E-state index is -0.824. The third-order valence-electron chi connectivity index (χ3n) is 8.71. The highest BCUT2D eigenvalue weighted by molar-refractivity contribution is 7.20. The van der Waals surface area contributed by atoms with E-state index in [1.54, 1.807) is 12.1 Å². The summed E-state index contributed by atoms with van der Waals surface area (Å²) in [4.78, 5) is 58.7. The van der Waals surface area contributed by atoms with E-state index in [0.717, 1.165) is 32.0 Å². The van der Waals surface area contributed by atoms with Gasteiger partial charge in [-0.25, -0.2) is 4.98 Å². The van der Waals surface area contributed by atoms with Crippen LogP contribution in [0.4, 0.5) is 0 Å². The molecule has 14 heteroatoms. The Balaban J connectivity index is 0.886. The molecule has 0 unspecified atom stereocenters. The van der Waals surface area contributed by atoms with E-state index in [-0.39, 0.29) is 43.1 Å². The summed E-state index contributed by atoms with van der Waals surface area (Å²) in [5, 5.41) is 16.6. The van der Waals surface area contributed by atoms with Gasteiger partial charge in [-0.05, 0) is 66.1 Å². The standard InChI is InChI=1S/C40H35N5O8S/c1-44-22-31(37(48)42-21-26-13-17-29(18-14-26)53-40-43-32-9-5-6-10-33(32)54-40)35(39(44)50)51-24-45-23-30(34(46)38(45)49)36(47)41-20-19-25-11-15-28(16-12-25)52-27-7-3-2-4-8-27/h2-18,46H,19-24H2,1H3,(H,41,47)(H,42,48). The third-order valence-corrected chi connectivity index (χ3v) is 9.62. The highest BCUT2D eigenvalue weighted by Gasteiger charge is 2.37. The highest BCUT2D eigenvalue weighted by Crippen LogP contribution is 2.31. The predicted octanol–water partition coefficient (Wildman–Crippen LogP) is 5.21. The zero-order valence-electron chi connectivity index (χ0n) is 29.1. The van der Waals surface area contributed by atoms with Crippen LogP contribution in [0.3, 0.4) is 0 Å². The molecule has 54 heavy (non-hydrogen) atoms. The first-order valence-electron chi connectivity index (χ1n) is 17.1. The molecule has 0 fully saturated rings. The van der Waals surface area contributed by atoms with E-state index in [4.69, 9.17) is 14.2 Å². The molecule has 0 atom stereocenters. The van der Waals surface area contributed by atoms with Crippen LogP contribution in [-0.2, 0) is 36.9 Å². The number of carbonyl (C=O) groups is 4. The summed E-state index contributed by atoms with van der Waals surface area (Å²) in [5.74, 6) is -1.36. The second-order valence-corrected chi connectivity index (χ2v) is 13.5. The molecule has 0 radical (unpaired) electrons. The van der Waals surface area contributed by atoms with Gasteiger partial charge in [0.25, 0.3) is 28.8 Å². The lowest BCUT2D eigenvalue weighted by Crippen LogP contribution is -2.33. The summed E-state index contributed by atoms with van der Waals surface area (Å²) >= 11 is 1.44. The van der Waals surface area contributed by atoms with E-state index >= 15 is 0 Å². The van der Waals surface area contributed by atoms with Crippen molar-refractivity contribution in [3.8, 4) is 22.4 Å². The molecule has 4 aromatic carbocycles. The smallest absolute Gasteiger partial charge is 0.292 e. The monoisotopic (exact) mass is 745 g/mol. The molecule has 13 nitrogen and oxygen atoms in total. The van der Waals surface area contributed by atoms with Crippen molar-refractivity contribution in [2.45, 2.75) is 13.0 Å². The van der Waals surface area contributed by atoms with Crippen LogP contribution in [0.25, 0.3) is 10.2 Å². The van der Waals surface area contributed by atoms with Crippen LogP contribution in [0.2, 0.25) is 0 Å². The van der Waals surface area contributed by atoms with Gasteiger partial charge in [0.15, 0.2) is 18.2 Å². The molecule has 3 N–H and O–H groups in total. The van der Waals surface area contributed by atoms with Gasteiger partial charge in [-0.3, -0.25) is 24.1 Å². The molecule has 0 bridgehead atoms. The number of hydrogen-bond acceptors (Lipinski definition) is 10. The number of likely N-dealkylation sites (N-methyl/N-ethyl adjacent to an activating group) is 1. The number of fused-ring (bicyclic) bond motifs is 1. The number of para-hydroxylation sites is 2. The number of ether oxygens (including phenoxy) is 3. The molecule has 0 aliphatic carbocycles. The molecule has 5 aromatic rings. The molecular weight excluding hydrogens is 711 g/mol. The molecule has 274 valence electrons. The van der Waals surface area contributed by atoms with Crippen LogP contribution in [0.1, 0.15) is 11.1 Å². The second-order valence-electron chi connectivity index (χ2n) is 12.5. The molecule has 7 rings (SSSR count). The molecule has 1 aromatic heterocycles. The number of thiazole rings is 1. The molecular formula is C40H35N5O8S. The quantitative estimate of drug-likeness (QED) is 0.139. The minimum absolute atomic E-state index is 0.00280. The molecule has 3 heterocycles. The fourth-order valence-corrected chi connectivity index (χ4v) is 6.62. The molecule has 4 amide bonds. The number of amides is 4. The number of aliphatic hydroxyl groups is 1. The van der Waals surface area contributed by atoms with Crippen LogP contribution in [0.5, 0.6) is 22.4 Å². The SMILES string of the molecule is CN1CC(C(=O)NCc2ccc(Oc3nc4ccccc4s3)cc2)=C(OCN2CC(C(=O)NCCc3ccc(Oc4ccccc4)cc3)=C(O)C2=O)C1=O. The summed E-state index contributed by atoms with van der Waals surface area (Å²) < 4.78 is 18.4. The van der Waals surface area contributed by atoms with Crippen molar-refractivity contribution in [1.82, 2.24) is 25.4 Å². The van der Waals surface area contributed by atoms with E-state index in [2.05, 4.69) is 15.6 Å². The van der Waals surface area contributed by atoms with Crippen LogP contribution in [0.15, 0.2) is 126 Å². The Bertz CT molecular complexity index is 2240. The van der Waals surface area contributed by atoms with Crippen LogP contribution < -0.4 is 20.1 Å². The van der Waals surface area contributed by atoms with E-state index in [9.17, 15) is 24.3 Å². The van der Waals surface area contributed by atoms with Crippen molar-refractivity contribution in [2.75, 3.05) is 33.4 Å². The van der Waals surface area contributed by atoms with Crippen molar-refractivity contribution in [2.24, 2.45) is 0 Å². The summed E-state index contributed by atoms with van der Waals surface area (Å²) in [5.41, 5.74) is 2.59. The third kappa shape index (κ3) is 8.18. The molecule has 0 saturated carbocycles. The Hall–Kier alpha value is -6.67. The van der Waals surface area contributed by atoms with Gasteiger partial charge in [-0.1, -0.05) is 65.9 Å². The summed E-state index contributed by atoms with van der Waals surface area (Å²) in [6.45, 7) is -0.265. The topological polar surface area (TPSA) is 160 Å². The van der Waals surface area contributed by atoms with Gasteiger partial charge in [0, 0.05) is 20.1 Å². The van der Waals surface area contributed by atoms with E-state index in [1.807, 2.05) is 91.0 Å². The average Bonchev–Trinajstić information content (AvgIpc) is 3.82. The van der Waals surface area contributed by atoms with Gasteiger partial charge in [0.1, 0.15) is 17.2 Å². The van der Waals surface area contributed by atoms with Crippen LogP contribution >= 0.6 is 11.3 Å². The van der Waals surface area contributed by atoms with Crippen LogP contribution in [-0.4, -0.2) is 76.9 Å². The maximum absolute atomic E-state index is 13.2. The lowest BCUT2D eigenvalue weighted by molar-refractivity contribution is -0.135. The van der Waals surface area contributed by atoms with E-state index in [1.165, 1.54) is 23.3 Å².